The quantitative estimate of drug-likeness (QED) is 0.276. The largest absolute Gasteiger partial charge is 0.443 e. The van der Waals surface area contributed by atoms with Gasteiger partial charge in [-0.1, -0.05) is 25.5 Å². The Balaban J connectivity index is 2.20. The number of alkyl carbamates (subject to hydrolysis) is 1. The number of nitrogens with one attached hydrogen (secondary N) is 1. The number of ether oxygens (including phenoxy) is 3. The number of alkyl halides is 1. The lowest BCUT2D eigenvalue weighted by Crippen LogP contribution is -2.61. The Morgan fingerprint density at radius 2 is 2.03 bits per heavy atom. The molecule has 1 aliphatic carbocycles. The second-order valence-corrected chi connectivity index (χ2v) is 9.74. The lowest BCUT2D eigenvalue weighted by atomic mass is 9.66. The molecule has 178 valence electrons. The van der Waals surface area contributed by atoms with E-state index in [1.807, 2.05) is 20.8 Å². The maximum atomic E-state index is 12.5. The van der Waals surface area contributed by atoms with Crippen molar-refractivity contribution in [1.82, 2.24) is 5.32 Å². The summed E-state index contributed by atoms with van der Waals surface area (Å²) in [7, 11) is 1.52. The van der Waals surface area contributed by atoms with Gasteiger partial charge in [0.05, 0.1) is 23.5 Å². The van der Waals surface area contributed by atoms with Gasteiger partial charge in [-0.25, -0.2) is 4.79 Å². The van der Waals surface area contributed by atoms with E-state index in [1.54, 1.807) is 13.8 Å². The number of halogens is 1. The average molecular weight is 461 g/mol. The molecule has 1 saturated heterocycles. The van der Waals surface area contributed by atoms with Gasteiger partial charge in [-0.15, -0.1) is 11.6 Å². The van der Waals surface area contributed by atoms with Crippen molar-refractivity contribution in [2.24, 2.45) is 17.6 Å². The standard InChI is InChI=1S/C22H37ClN2O6/c1-12(2)7-8-15-21(5,31-15)18-17(29-6)14(9-10-22(18,28)11-23)30-20(27)25-16(13(3)4)19(24)26/h7,13-18,28H,8-11H2,1-6H3,(H2,24,26)(H,25,27)/t14-,15+,16-,17-,18?,21-,22+/m1/s1. The third-order valence-corrected chi connectivity index (χ3v) is 6.94. The van der Waals surface area contributed by atoms with Crippen molar-refractivity contribution in [2.75, 3.05) is 13.0 Å². The van der Waals surface area contributed by atoms with Gasteiger partial charge in [0.1, 0.15) is 23.9 Å². The van der Waals surface area contributed by atoms with Crippen LogP contribution in [0.25, 0.3) is 0 Å². The maximum absolute atomic E-state index is 12.5. The number of hydrogen-bond acceptors (Lipinski definition) is 6. The topological polar surface area (TPSA) is 123 Å². The molecule has 1 saturated carbocycles. The zero-order valence-electron chi connectivity index (χ0n) is 19.3. The zero-order valence-corrected chi connectivity index (χ0v) is 20.1. The summed E-state index contributed by atoms with van der Waals surface area (Å²) in [6, 6.07) is -0.842. The molecule has 1 aliphatic heterocycles. The number of allylic oxidation sites excluding steroid dienone is 1. The number of epoxide rings is 1. The highest BCUT2D eigenvalue weighted by Crippen LogP contribution is 2.54. The van der Waals surface area contributed by atoms with Crippen LogP contribution in [0.4, 0.5) is 4.79 Å². The molecule has 0 spiro atoms. The van der Waals surface area contributed by atoms with Crippen LogP contribution in [0, 0.1) is 11.8 Å². The Morgan fingerprint density at radius 1 is 1.39 bits per heavy atom. The van der Waals surface area contributed by atoms with Crippen LogP contribution in [-0.4, -0.2) is 65.7 Å². The van der Waals surface area contributed by atoms with Crippen molar-refractivity contribution < 1.29 is 28.9 Å². The summed E-state index contributed by atoms with van der Waals surface area (Å²) >= 11 is 6.20. The van der Waals surface area contributed by atoms with E-state index in [9.17, 15) is 14.7 Å². The van der Waals surface area contributed by atoms with Crippen molar-refractivity contribution in [3.63, 3.8) is 0 Å². The van der Waals surface area contributed by atoms with Crippen molar-refractivity contribution >= 4 is 23.6 Å². The van der Waals surface area contributed by atoms with E-state index < -0.39 is 47.4 Å². The van der Waals surface area contributed by atoms with Crippen molar-refractivity contribution in [2.45, 2.75) is 89.4 Å². The number of aliphatic hydroxyl groups is 1. The van der Waals surface area contributed by atoms with Gasteiger partial charge in [0.2, 0.25) is 5.91 Å². The predicted octanol–water partition coefficient (Wildman–Crippen LogP) is 2.50. The van der Waals surface area contributed by atoms with E-state index in [-0.39, 0.29) is 17.9 Å². The van der Waals surface area contributed by atoms with Crippen LogP contribution in [0.15, 0.2) is 11.6 Å². The molecule has 8 nitrogen and oxygen atoms in total. The highest BCUT2D eigenvalue weighted by atomic mass is 35.5. The molecule has 9 heteroatoms. The SMILES string of the molecule is CO[C@H]1C([C@]2(C)O[C@H]2CC=C(C)C)[C@@](O)(CCl)CC[C@H]1OC(=O)N[C@@H](C(N)=O)C(C)C. The van der Waals surface area contributed by atoms with Crippen LogP contribution in [-0.2, 0) is 19.0 Å². The minimum absolute atomic E-state index is 0.0157. The predicted molar refractivity (Wildman–Crippen MR) is 118 cm³/mol. The summed E-state index contributed by atoms with van der Waals surface area (Å²) in [5, 5.41) is 13.9. The van der Waals surface area contributed by atoms with Crippen LogP contribution in [0.2, 0.25) is 0 Å². The summed E-state index contributed by atoms with van der Waals surface area (Å²) in [5.41, 5.74) is 4.67. The van der Waals surface area contributed by atoms with E-state index >= 15 is 0 Å². The van der Waals surface area contributed by atoms with Gasteiger partial charge >= 0.3 is 6.09 Å². The number of hydrogen-bond donors (Lipinski definition) is 3. The van der Waals surface area contributed by atoms with Crippen LogP contribution < -0.4 is 11.1 Å². The van der Waals surface area contributed by atoms with Gasteiger partial charge in [-0.2, -0.15) is 0 Å². The molecule has 0 aromatic heterocycles. The normalized spacial score (nSPS) is 35.9. The molecule has 0 radical (unpaired) electrons. The number of carbonyl (C=O) groups excluding carboxylic acids is 2. The molecule has 7 atom stereocenters. The highest BCUT2D eigenvalue weighted by Gasteiger charge is 2.67. The van der Waals surface area contributed by atoms with Crippen LogP contribution in [0.3, 0.4) is 0 Å². The average Bonchev–Trinajstić information content (AvgIpc) is 3.35. The van der Waals surface area contributed by atoms with Crippen molar-refractivity contribution in [3.8, 4) is 0 Å². The monoisotopic (exact) mass is 460 g/mol. The molecule has 2 fully saturated rings. The van der Waals surface area contributed by atoms with Crippen molar-refractivity contribution in [3.05, 3.63) is 11.6 Å². The third-order valence-electron chi connectivity index (χ3n) is 6.48. The molecule has 2 rings (SSSR count). The molecule has 31 heavy (non-hydrogen) atoms. The minimum Gasteiger partial charge on any atom is -0.443 e. The van der Waals surface area contributed by atoms with E-state index in [1.165, 1.54) is 12.7 Å². The lowest BCUT2D eigenvalue weighted by molar-refractivity contribution is -0.170. The maximum Gasteiger partial charge on any atom is 0.408 e. The number of primary amides is 1. The summed E-state index contributed by atoms with van der Waals surface area (Å²) in [5.74, 6) is -1.30. The van der Waals surface area contributed by atoms with Crippen LogP contribution in [0.1, 0.15) is 53.9 Å². The Morgan fingerprint density at radius 3 is 2.52 bits per heavy atom. The Bertz CT molecular complexity index is 697. The molecule has 0 aromatic rings. The minimum atomic E-state index is -1.22. The van der Waals surface area contributed by atoms with Crippen LogP contribution >= 0.6 is 11.6 Å². The first kappa shape index (κ1) is 25.9. The molecule has 1 unspecified atom stereocenters. The second kappa shape index (κ2) is 10.1. The van der Waals surface area contributed by atoms with Gasteiger partial charge in [0, 0.05) is 7.11 Å². The van der Waals surface area contributed by atoms with E-state index in [2.05, 4.69) is 11.4 Å². The molecule has 2 aliphatic rings. The molecule has 0 bridgehead atoms. The van der Waals surface area contributed by atoms with Gasteiger partial charge in [0.25, 0.3) is 0 Å². The van der Waals surface area contributed by atoms with Gasteiger partial charge < -0.3 is 30.4 Å². The second-order valence-electron chi connectivity index (χ2n) is 9.47. The fourth-order valence-electron chi connectivity index (χ4n) is 4.69. The van der Waals surface area contributed by atoms with E-state index in [0.717, 1.165) is 0 Å². The summed E-state index contributed by atoms with van der Waals surface area (Å²) in [4.78, 5) is 24.1. The first-order chi connectivity index (χ1) is 14.4. The van der Waals surface area contributed by atoms with E-state index in [0.29, 0.717) is 19.3 Å². The van der Waals surface area contributed by atoms with Gasteiger partial charge in [0.15, 0.2) is 0 Å². The Labute approximate surface area is 189 Å². The van der Waals surface area contributed by atoms with E-state index in [4.69, 9.17) is 31.5 Å². The lowest BCUT2D eigenvalue weighted by Gasteiger charge is -2.48. The van der Waals surface area contributed by atoms with Crippen LogP contribution in [0.5, 0.6) is 0 Å². The summed E-state index contributed by atoms with van der Waals surface area (Å²) in [6.07, 6.45) is 1.40. The van der Waals surface area contributed by atoms with Gasteiger partial charge in [-0.05, 0) is 46.0 Å². The molecule has 0 aromatic carbocycles. The number of methoxy groups -OCH3 is 1. The number of rotatable bonds is 9. The molecule has 1 heterocycles. The molecule has 2 amide bonds. The Kier molecular flexibility index (Phi) is 8.41. The first-order valence-electron chi connectivity index (χ1n) is 10.8. The summed E-state index contributed by atoms with van der Waals surface area (Å²) < 4.78 is 17.4. The smallest absolute Gasteiger partial charge is 0.408 e. The zero-order chi connectivity index (χ0) is 23.6. The first-order valence-corrected chi connectivity index (χ1v) is 11.3. The Hall–Kier alpha value is -1.35. The number of carbonyl (C=O) groups is 2. The number of nitrogens with two attached hydrogens (primary N) is 1. The fourth-order valence-corrected chi connectivity index (χ4v) is 4.99. The summed E-state index contributed by atoms with van der Waals surface area (Å²) in [6.45, 7) is 9.54. The van der Waals surface area contributed by atoms with Gasteiger partial charge in [-0.3, -0.25) is 4.79 Å². The number of amides is 2. The molecular weight excluding hydrogens is 424 g/mol. The fraction of sp³-hybridized carbons (Fsp3) is 0.818. The third kappa shape index (κ3) is 5.72. The molecule has 4 N–H and O–H groups in total. The molecular formula is C22H37ClN2O6. The van der Waals surface area contributed by atoms with Crippen molar-refractivity contribution in [1.29, 1.82) is 0 Å². The highest BCUT2D eigenvalue weighted by molar-refractivity contribution is 6.18.